The molecule has 156 valence electrons. The van der Waals surface area contributed by atoms with Crippen molar-refractivity contribution in [2.45, 2.75) is 64.8 Å². The summed E-state index contributed by atoms with van der Waals surface area (Å²) < 4.78 is 18.7. The van der Waals surface area contributed by atoms with E-state index in [1.54, 1.807) is 0 Å². The fourth-order valence-corrected chi connectivity index (χ4v) is 3.64. The number of anilines is 1. The van der Waals surface area contributed by atoms with Crippen LogP contribution in [0.15, 0.2) is 23.3 Å². The first kappa shape index (κ1) is 19.8. The van der Waals surface area contributed by atoms with Crippen LogP contribution in [-0.4, -0.2) is 30.3 Å². The molecule has 1 atom stereocenters. The predicted octanol–water partition coefficient (Wildman–Crippen LogP) is 3.80. The van der Waals surface area contributed by atoms with Gasteiger partial charge < -0.3 is 4.74 Å². The van der Waals surface area contributed by atoms with Crippen LogP contribution in [0.3, 0.4) is 0 Å². The van der Waals surface area contributed by atoms with Crippen LogP contribution < -0.4 is 15.8 Å². The minimum absolute atomic E-state index is 0.200. The molecule has 0 spiro atoms. The molecule has 1 aromatic heterocycles. The fraction of sp³-hybridized carbons (Fsp3) is 0.524. The number of nitrogens with zero attached hydrogens (tertiary/aromatic N) is 3. The lowest BCUT2D eigenvalue weighted by atomic mass is 9.84. The zero-order chi connectivity index (χ0) is 20.8. The van der Waals surface area contributed by atoms with Gasteiger partial charge in [0.1, 0.15) is 5.69 Å². The molecule has 29 heavy (non-hydrogen) atoms. The first-order valence-corrected chi connectivity index (χ1v) is 10.0. The lowest BCUT2D eigenvalue weighted by Gasteiger charge is -2.28. The van der Waals surface area contributed by atoms with E-state index < -0.39 is 0 Å². The molecule has 1 aliphatic heterocycles. The molecule has 1 saturated carbocycles. The van der Waals surface area contributed by atoms with Crippen LogP contribution in [0, 0.1) is 6.92 Å². The maximum atomic E-state index is 12.8. The van der Waals surface area contributed by atoms with Crippen LogP contribution in [-0.2, 0) is 15.2 Å². The number of aryl methyl sites for hydroxylation is 1. The number of aromatic nitrogens is 1. The number of hydrogen-bond donors (Lipinski definition) is 2. The molecular formula is C21H28FN5O2. The number of halogens is 1. The molecule has 0 amide bonds. The summed E-state index contributed by atoms with van der Waals surface area (Å²) in [5, 5.41) is 13.7. The van der Waals surface area contributed by atoms with E-state index in [9.17, 15) is 4.53 Å². The number of pyridine rings is 1. The second-order valence-corrected chi connectivity index (χ2v) is 8.87. The molecule has 2 aromatic rings. The van der Waals surface area contributed by atoms with Gasteiger partial charge >= 0.3 is 0 Å². The molecule has 0 bridgehead atoms. The Balaban J connectivity index is 1.72. The van der Waals surface area contributed by atoms with Crippen molar-refractivity contribution in [3.63, 3.8) is 0 Å². The average Bonchev–Trinajstić information content (AvgIpc) is 3.11. The highest BCUT2D eigenvalue weighted by molar-refractivity contribution is 5.98. The molecular weight excluding hydrogens is 373 g/mol. The Hall–Kier alpha value is -2.45. The number of hydrazone groups is 1. The Morgan fingerprint density at radius 2 is 2.03 bits per heavy atom. The van der Waals surface area contributed by atoms with E-state index in [4.69, 9.17) is 9.72 Å². The molecule has 1 aliphatic carbocycles. The van der Waals surface area contributed by atoms with Crippen molar-refractivity contribution in [3.05, 3.63) is 35.0 Å². The summed E-state index contributed by atoms with van der Waals surface area (Å²) in [4.78, 5) is 4.88. The SMILES string of the molecule is Cc1cc(C2=NNC(NC3CCC3)O2)nc2c(C(C)(C)C)cc(N(C)OF)cc12. The van der Waals surface area contributed by atoms with Crippen molar-refractivity contribution < 1.29 is 14.3 Å². The highest BCUT2D eigenvalue weighted by Crippen LogP contribution is 2.35. The minimum atomic E-state index is -0.326. The van der Waals surface area contributed by atoms with Gasteiger partial charge in [-0.25, -0.2) is 10.0 Å². The van der Waals surface area contributed by atoms with E-state index in [1.807, 2.05) is 25.1 Å². The summed E-state index contributed by atoms with van der Waals surface area (Å²) in [6.07, 6.45) is 3.26. The zero-order valence-electron chi connectivity index (χ0n) is 17.5. The highest BCUT2D eigenvalue weighted by atomic mass is 19.3. The molecule has 0 radical (unpaired) electrons. The second-order valence-electron chi connectivity index (χ2n) is 8.87. The Bertz CT molecular complexity index is 952. The van der Waals surface area contributed by atoms with Crippen LogP contribution in [0.1, 0.15) is 56.9 Å². The normalized spacial score (nSPS) is 19.5. The highest BCUT2D eigenvalue weighted by Gasteiger charge is 2.28. The van der Waals surface area contributed by atoms with Crippen molar-refractivity contribution in [2.75, 3.05) is 12.1 Å². The molecule has 1 fully saturated rings. The third-order valence-electron chi connectivity index (χ3n) is 5.60. The monoisotopic (exact) mass is 401 g/mol. The van der Waals surface area contributed by atoms with Gasteiger partial charge in [-0.2, -0.15) is 0 Å². The summed E-state index contributed by atoms with van der Waals surface area (Å²) >= 11 is 0. The molecule has 1 aromatic carbocycles. The second kappa shape index (κ2) is 7.42. The van der Waals surface area contributed by atoms with Gasteiger partial charge in [-0.15, -0.1) is 5.10 Å². The molecule has 0 saturated heterocycles. The maximum absolute atomic E-state index is 12.8. The Kier molecular flexibility index (Phi) is 5.08. The van der Waals surface area contributed by atoms with E-state index in [0.717, 1.165) is 27.1 Å². The third kappa shape index (κ3) is 3.86. The van der Waals surface area contributed by atoms with Crippen molar-refractivity contribution in [2.24, 2.45) is 5.10 Å². The van der Waals surface area contributed by atoms with Crippen molar-refractivity contribution in [1.29, 1.82) is 0 Å². The minimum Gasteiger partial charge on any atom is -0.436 e. The average molecular weight is 401 g/mol. The van der Waals surface area contributed by atoms with Crippen LogP contribution in [0.5, 0.6) is 0 Å². The molecule has 2 heterocycles. The van der Waals surface area contributed by atoms with E-state index in [1.165, 1.54) is 26.3 Å². The molecule has 1 unspecified atom stereocenters. The summed E-state index contributed by atoms with van der Waals surface area (Å²) in [7, 11) is 1.53. The van der Waals surface area contributed by atoms with Gasteiger partial charge in [0, 0.05) is 18.5 Å². The smallest absolute Gasteiger partial charge is 0.259 e. The maximum Gasteiger partial charge on any atom is 0.259 e. The summed E-state index contributed by atoms with van der Waals surface area (Å²) in [6, 6.07) is 6.22. The van der Waals surface area contributed by atoms with E-state index in [-0.39, 0.29) is 11.8 Å². The summed E-state index contributed by atoms with van der Waals surface area (Å²) in [6.45, 7) is 8.33. The van der Waals surface area contributed by atoms with Gasteiger partial charge in [0.15, 0.2) is 0 Å². The molecule has 8 heteroatoms. The topological polar surface area (TPSA) is 71.0 Å². The molecule has 7 nitrogen and oxygen atoms in total. The van der Waals surface area contributed by atoms with Crippen LogP contribution in [0.25, 0.3) is 10.9 Å². The van der Waals surface area contributed by atoms with Gasteiger partial charge in [-0.3, -0.25) is 10.7 Å². The van der Waals surface area contributed by atoms with Gasteiger partial charge in [-0.1, -0.05) is 32.2 Å². The summed E-state index contributed by atoms with van der Waals surface area (Å²) in [5.41, 5.74) is 6.95. The Morgan fingerprint density at radius 3 is 2.66 bits per heavy atom. The van der Waals surface area contributed by atoms with E-state index in [2.05, 4.69) is 41.7 Å². The van der Waals surface area contributed by atoms with Crippen molar-refractivity contribution in [1.82, 2.24) is 15.7 Å². The Labute approximate surface area is 170 Å². The first-order valence-electron chi connectivity index (χ1n) is 10.0. The van der Waals surface area contributed by atoms with Crippen LogP contribution in [0.2, 0.25) is 0 Å². The largest absolute Gasteiger partial charge is 0.436 e. The number of nitrogens with one attached hydrogen (secondary N) is 2. The van der Waals surface area contributed by atoms with Crippen LogP contribution >= 0.6 is 0 Å². The fourth-order valence-electron chi connectivity index (χ4n) is 3.64. The van der Waals surface area contributed by atoms with Gasteiger partial charge in [0.25, 0.3) is 5.90 Å². The van der Waals surface area contributed by atoms with Crippen LogP contribution in [0.4, 0.5) is 10.2 Å². The number of hydroxylamine groups is 1. The van der Waals surface area contributed by atoms with E-state index >= 15 is 0 Å². The predicted molar refractivity (Wildman–Crippen MR) is 111 cm³/mol. The van der Waals surface area contributed by atoms with Gasteiger partial charge in [0.2, 0.25) is 6.35 Å². The van der Waals surface area contributed by atoms with Crippen molar-refractivity contribution >= 4 is 22.5 Å². The van der Waals surface area contributed by atoms with E-state index in [0.29, 0.717) is 23.3 Å². The third-order valence-corrected chi connectivity index (χ3v) is 5.60. The zero-order valence-corrected chi connectivity index (χ0v) is 17.5. The van der Waals surface area contributed by atoms with Gasteiger partial charge in [0.05, 0.1) is 11.2 Å². The quantitative estimate of drug-likeness (QED) is 0.743. The van der Waals surface area contributed by atoms with Gasteiger partial charge in [-0.05, 0) is 59.0 Å². The summed E-state index contributed by atoms with van der Waals surface area (Å²) in [5.74, 6) is 0.472. The number of fused-ring (bicyclic) bond motifs is 1. The number of hydrogen-bond acceptors (Lipinski definition) is 7. The lowest BCUT2D eigenvalue weighted by Crippen LogP contribution is -2.47. The first-order chi connectivity index (χ1) is 13.8. The number of benzene rings is 1. The molecule has 2 aliphatic rings. The standard InChI is InChI=1S/C21H28FN5O2/c1-12-9-17(19-25-26-20(28-19)23-13-7-6-8-13)24-18-15(12)10-14(27(5)29-22)11-16(18)21(2,3)4/h9-11,13,20,23,26H,6-8H2,1-5H3. The Morgan fingerprint density at radius 1 is 1.28 bits per heavy atom. The molecule has 2 N–H and O–H groups in total. The van der Waals surface area contributed by atoms with Crippen molar-refractivity contribution in [3.8, 4) is 0 Å². The lowest BCUT2D eigenvalue weighted by molar-refractivity contribution is -0.141. The molecule has 4 rings (SSSR count). The number of rotatable bonds is 5. The number of ether oxygens (including phenoxy) is 1.